The van der Waals surface area contributed by atoms with Gasteiger partial charge in [0.15, 0.2) is 0 Å². The minimum Gasteiger partial charge on any atom is -0.406 e. The molecule has 0 unspecified atom stereocenters. The normalized spacial score (nSPS) is 11.7. The van der Waals surface area contributed by atoms with Gasteiger partial charge in [0.05, 0.1) is 5.52 Å². The summed E-state index contributed by atoms with van der Waals surface area (Å²) in [6.07, 6.45) is -1.93. The van der Waals surface area contributed by atoms with Crippen molar-refractivity contribution in [2.24, 2.45) is 0 Å². The van der Waals surface area contributed by atoms with Gasteiger partial charge in [-0.1, -0.05) is 0 Å². The quantitative estimate of drug-likeness (QED) is 0.731. The number of fused-ring (bicyclic) bond motifs is 1. The largest absolute Gasteiger partial charge is 0.573 e. The molecule has 0 aliphatic heterocycles. The molecule has 1 aromatic carbocycles. The van der Waals surface area contributed by atoms with Crippen LogP contribution in [0.15, 0.2) is 30.7 Å². The van der Waals surface area contributed by atoms with Crippen molar-refractivity contribution in [1.82, 2.24) is 9.97 Å². The second-order valence-corrected chi connectivity index (χ2v) is 2.79. The van der Waals surface area contributed by atoms with Crippen molar-refractivity contribution >= 4 is 10.9 Å². The summed E-state index contributed by atoms with van der Waals surface area (Å²) >= 11 is 0. The van der Waals surface area contributed by atoms with Gasteiger partial charge in [0, 0.05) is 11.6 Å². The minimum atomic E-state index is -4.68. The molecule has 0 N–H and O–H groups in total. The van der Waals surface area contributed by atoms with Gasteiger partial charge < -0.3 is 4.74 Å². The summed E-state index contributed by atoms with van der Waals surface area (Å²) in [6, 6.07) is 3.89. The van der Waals surface area contributed by atoms with E-state index in [1.807, 2.05) is 0 Å². The van der Waals surface area contributed by atoms with Crippen molar-refractivity contribution in [3.8, 4) is 5.75 Å². The van der Waals surface area contributed by atoms with E-state index in [1.165, 1.54) is 30.7 Å². The van der Waals surface area contributed by atoms with Crippen molar-refractivity contribution < 1.29 is 17.9 Å². The number of ether oxygens (including phenoxy) is 1. The number of alkyl halides is 3. The lowest BCUT2D eigenvalue weighted by atomic mass is 10.2. The average molecular weight is 214 g/mol. The van der Waals surface area contributed by atoms with Crippen molar-refractivity contribution in [3.05, 3.63) is 30.7 Å². The molecule has 0 fully saturated rings. The van der Waals surface area contributed by atoms with Crippen LogP contribution in [0.2, 0.25) is 0 Å². The highest BCUT2D eigenvalue weighted by atomic mass is 19.4. The van der Waals surface area contributed by atoms with Gasteiger partial charge in [0.2, 0.25) is 0 Å². The number of hydrogen-bond acceptors (Lipinski definition) is 3. The lowest BCUT2D eigenvalue weighted by Crippen LogP contribution is -2.17. The molecule has 6 heteroatoms. The smallest absolute Gasteiger partial charge is 0.406 e. The average Bonchev–Trinajstić information content (AvgIpc) is 2.15. The number of nitrogens with zero attached hydrogens (tertiary/aromatic N) is 2. The Hall–Kier alpha value is -1.85. The van der Waals surface area contributed by atoms with Crippen LogP contribution in [-0.4, -0.2) is 16.3 Å². The highest BCUT2D eigenvalue weighted by Gasteiger charge is 2.31. The number of aromatic nitrogens is 2. The fourth-order valence-electron chi connectivity index (χ4n) is 1.16. The SMILES string of the molecule is FC(F)(F)Oc1ccc2ncncc2c1. The van der Waals surface area contributed by atoms with E-state index in [-0.39, 0.29) is 5.75 Å². The molecule has 0 radical (unpaired) electrons. The fourth-order valence-corrected chi connectivity index (χ4v) is 1.16. The summed E-state index contributed by atoms with van der Waals surface area (Å²) in [5.74, 6) is -0.273. The third kappa shape index (κ3) is 2.34. The molecule has 0 aliphatic carbocycles. The molecular formula is C9H5F3N2O. The molecule has 0 spiro atoms. The van der Waals surface area contributed by atoms with Crippen LogP contribution >= 0.6 is 0 Å². The molecular weight excluding hydrogens is 209 g/mol. The predicted octanol–water partition coefficient (Wildman–Crippen LogP) is 2.53. The minimum absolute atomic E-state index is 0.273. The van der Waals surface area contributed by atoms with E-state index in [2.05, 4.69) is 14.7 Å². The van der Waals surface area contributed by atoms with E-state index < -0.39 is 6.36 Å². The fraction of sp³-hybridized carbons (Fsp3) is 0.111. The van der Waals surface area contributed by atoms with Crippen molar-refractivity contribution in [2.45, 2.75) is 6.36 Å². The second-order valence-electron chi connectivity index (χ2n) is 2.79. The zero-order chi connectivity index (χ0) is 10.9. The number of benzene rings is 1. The molecule has 78 valence electrons. The van der Waals surface area contributed by atoms with E-state index >= 15 is 0 Å². The first-order valence-corrected chi connectivity index (χ1v) is 4.00. The maximum atomic E-state index is 11.9. The Morgan fingerprint density at radius 1 is 1.20 bits per heavy atom. The molecule has 0 saturated carbocycles. The van der Waals surface area contributed by atoms with Crippen molar-refractivity contribution in [3.63, 3.8) is 0 Å². The maximum Gasteiger partial charge on any atom is 0.573 e. The Labute approximate surface area is 82.5 Å². The van der Waals surface area contributed by atoms with Crippen LogP contribution in [0.25, 0.3) is 10.9 Å². The predicted molar refractivity (Wildman–Crippen MR) is 46.2 cm³/mol. The van der Waals surface area contributed by atoms with Gasteiger partial charge in [-0.3, -0.25) is 0 Å². The summed E-state index contributed by atoms with van der Waals surface area (Å²) < 4.78 is 39.4. The van der Waals surface area contributed by atoms with Gasteiger partial charge in [-0.25, -0.2) is 9.97 Å². The first-order chi connectivity index (χ1) is 7.04. The first kappa shape index (κ1) is 9.70. The third-order valence-electron chi connectivity index (χ3n) is 1.71. The Kier molecular flexibility index (Phi) is 2.18. The second kappa shape index (κ2) is 3.38. The van der Waals surface area contributed by atoms with E-state index in [9.17, 15) is 13.2 Å². The zero-order valence-corrected chi connectivity index (χ0v) is 7.32. The van der Waals surface area contributed by atoms with Crippen LogP contribution < -0.4 is 4.74 Å². The van der Waals surface area contributed by atoms with Crippen molar-refractivity contribution in [1.29, 1.82) is 0 Å². The molecule has 0 bridgehead atoms. The van der Waals surface area contributed by atoms with Crippen molar-refractivity contribution in [2.75, 3.05) is 0 Å². The highest BCUT2D eigenvalue weighted by molar-refractivity contribution is 5.78. The molecule has 0 aliphatic rings. The summed E-state index contributed by atoms with van der Waals surface area (Å²) in [5, 5.41) is 0.499. The van der Waals surface area contributed by atoms with Crippen LogP contribution in [0.4, 0.5) is 13.2 Å². The molecule has 0 amide bonds. The van der Waals surface area contributed by atoms with E-state index in [0.717, 1.165) is 0 Å². The van der Waals surface area contributed by atoms with Crippen LogP contribution in [-0.2, 0) is 0 Å². The number of hydrogen-bond donors (Lipinski definition) is 0. The Bertz CT molecular complexity index is 484. The molecule has 0 atom stereocenters. The molecule has 15 heavy (non-hydrogen) atoms. The summed E-state index contributed by atoms with van der Waals surface area (Å²) in [7, 11) is 0. The molecule has 3 nitrogen and oxygen atoms in total. The molecule has 2 aromatic rings. The van der Waals surface area contributed by atoms with Crippen LogP contribution in [0.3, 0.4) is 0 Å². The third-order valence-corrected chi connectivity index (χ3v) is 1.71. The summed E-state index contributed by atoms with van der Waals surface area (Å²) in [4.78, 5) is 7.57. The Morgan fingerprint density at radius 3 is 2.73 bits per heavy atom. The standard InChI is InChI=1S/C9H5F3N2O/c10-9(11,12)15-7-1-2-8-6(3-7)4-13-5-14-8/h1-5H. The van der Waals surface area contributed by atoms with Gasteiger partial charge in [-0.05, 0) is 18.2 Å². The number of halogens is 3. The highest BCUT2D eigenvalue weighted by Crippen LogP contribution is 2.25. The Morgan fingerprint density at radius 2 is 2.00 bits per heavy atom. The van der Waals surface area contributed by atoms with Gasteiger partial charge in [-0.2, -0.15) is 0 Å². The van der Waals surface area contributed by atoms with E-state index in [0.29, 0.717) is 10.9 Å². The number of rotatable bonds is 1. The van der Waals surface area contributed by atoms with Gasteiger partial charge in [-0.15, -0.1) is 13.2 Å². The van der Waals surface area contributed by atoms with Gasteiger partial charge in [0.1, 0.15) is 12.1 Å². The maximum absolute atomic E-state index is 11.9. The lowest BCUT2D eigenvalue weighted by Gasteiger charge is -2.08. The summed E-state index contributed by atoms with van der Waals surface area (Å²) in [6.45, 7) is 0. The first-order valence-electron chi connectivity index (χ1n) is 4.00. The van der Waals surface area contributed by atoms with E-state index in [4.69, 9.17) is 0 Å². The molecule has 1 heterocycles. The van der Waals surface area contributed by atoms with Gasteiger partial charge >= 0.3 is 6.36 Å². The lowest BCUT2D eigenvalue weighted by molar-refractivity contribution is -0.274. The van der Waals surface area contributed by atoms with Crippen LogP contribution in [0.5, 0.6) is 5.75 Å². The monoisotopic (exact) mass is 214 g/mol. The van der Waals surface area contributed by atoms with Crippen LogP contribution in [0, 0.1) is 0 Å². The van der Waals surface area contributed by atoms with Crippen LogP contribution in [0.1, 0.15) is 0 Å². The Balaban J connectivity index is 2.39. The molecule has 1 aromatic heterocycles. The molecule has 2 rings (SSSR count). The topological polar surface area (TPSA) is 35.0 Å². The zero-order valence-electron chi connectivity index (χ0n) is 7.32. The summed E-state index contributed by atoms with van der Waals surface area (Å²) in [5.41, 5.74) is 0.569. The van der Waals surface area contributed by atoms with Gasteiger partial charge in [0.25, 0.3) is 0 Å². The van der Waals surface area contributed by atoms with E-state index in [1.54, 1.807) is 0 Å². The molecule has 0 saturated heterocycles.